The summed E-state index contributed by atoms with van der Waals surface area (Å²) in [5, 5.41) is 15.3. The number of phenols is 1. The number of anilines is 2. The van der Waals surface area contributed by atoms with Crippen molar-refractivity contribution in [3.05, 3.63) is 83.4 Å². The third-order valence-electron chi connectivity index (χ3n) is 7.18. The molecule has 1 heterocycles. The fourth-order valence-electron chi connectivity index (χ4n) is 5.00. The van der Waals surface area contributed by atoms with E-state index in [4.69, 9.17) is 4.74 Å². The number of ether oxygens (including phenoxy) is 1. The SMILES string of the molecule is CC(=O)C[C@@H](C=O)NC(=O)CN1C(=O)[C@@H](NC(=O)c2cc(C)c(O)c(C)c2)CN(C(=O)COc2ccccc2)c2ccccc21. The van der Waals surface area contributed by atoms with Gasteiger partial charge < -0.3 is 30.2 Å². The molecule has 0 radical (unpaired) electrons. The van der Waals surface area contributed by atoms with Gasteiger partial charge in [-0.25, -0.2) is 0 Å². The maximum atomic E-state index is 14.1. The first kappa shape index (κ1) is 32.4. The van der Waals surface area contributed by atoms with E-state index < -0.39 is 42.3 Å². The molecule has 12 nitrogen and oxygen atoms in total. The Balaban J connectivity index is 1.68. The minimum Gasteiger partial charge on any atom is -0.507 e. The number of nitrogens with one attached hydrogen (secondary N) is 2. The second-order valence-corrected chi connectivity index (χ2v) is 10.7. The lowest BCUT2D eigenvalue weighted by atomic mass is 10.0. The summed E-state index contributed by atoms with van der Waals surface area (Å²) in [6, 6.07) is 15.7. The molecule has 3 aromatic rings. The van der Waals surface area contributed by atoms with Gasteiger partial charge in [-0.05, 0) is 68.3 Å². The molecule has 0 fully saturated rings. The minimum absolute atomic E-state index is 0.0401. The van der Waals surface area contributed by atoms with E-state index in [2.05, 4.69) is 10.6 Å². The molecule has 12 heteroatoms. The van der Waals surface area contributed by atoms with Gasteiger partial charge in [0.15, 0.2) is 6.61 Å². The van der Waals surface area contributed by atoms with Crippen molar-refractivity contribution in [3.63, 3.8) is 0 Å². The molecular weight excluding hydrogens is 580 g/mol. The second-order valence-electron chi connectivity index (χ2n) is 10.7. The summed E-state index contributed by atoms with van der Waals surface area (Å²) in [5.41, 5.74) is 1.62. The zero-order valence-corrected chi connectivity index (χ0v) is 25.1. The van der Waals surface area contributed by atoms with E-state index >= 15 is 0 Å². The number of carbonyl (C=O) groups is 6. The number of phenolic OH excluding ortho intramolecular Hbond substituents is 1. The summed E-state index contributed by atoms with van der Waals surface area (Å²) in [4.78, 5) is 79.7. The lowest BCUT2D eigenvalue weighted by molar-refractivity contribution is -0.127. The van der Waals surface area contributed by atoms with Crippen LogP contribution in [0.5, 0.6) is 11.5 Å². The zero-order chi connectivity index (χ0) is 32.7. The van der Waals surface area contributed by atoms with E-state index in [1.807, 2.05) is 0 Å². The highest BCUT2D eigenvalue weighted by molar-refractivity contribution is 6.11. The predicted molar refractivity (Wildman–Crippen MR) is 165 cm³/mol. The number of benzene rings is 3. The number of hydrogen-bond donors (Lipinski definition) is 3. The molecule has 3 aromatic carbocycles. The van der Waals surface area contributed by atoms with Crippen LogP contribution >= 0.6 is 0 Å². The Labute approximate surface area is 260 Å². The third kappa shape index (κ3) is 7.91. The summed E-state index contributed by atoms with van der Waals surface area (Å²) >= 11 is 0. The summed E-state index contributed by atoms with van der Waals surface area (Å²) in [6.45, 7) is 3.33. The monoisotopic (exact) mass is 614 g/mol. The topological polar surface area (TPSA) is 162 Å². The van der Waals surface area contributed by atoms with Crippen LogP contribution in [0.15, 0.2) is 66.7 Å². The first-order valence-corrected chi connectivity index (χ1v) is 14.2. The van der Waals surface area contributed by atoms with Crippen molar-refractivity contribution in [3.8, 4) is 11.5 Å². The molecule has 0 saturated carbocycles. The van der Waals surface area contributed by atoms with Crippen molar-refractivity contribution in [1.29, 1.82) is 0 Å². The van der Waals surface area contributed by atoms with Crippen molar-refractivity contribution in [2.75, 3.05) is 29.5 Å². The lowest BCUT2D eigenvalue weighted by Gasteiger charge is -2.25. The van der Waals surface area contributed by atoms with Crippen LogP contribution in [0.4, 0.5) is 11.4 Å². The van der Waals surface area contributed by atoms with Crippen LogP contribution in [-0.2, 0) is 24.0 Å². The van der Waals surface area contributed by atoms with Crippen LogP contribution in [0, 0.1) is 13.8 Å². The number of para-hydroxylation sites is 3. The normalized spacial score (nSPS) is 14.9. The number of aryl methyl sites for hydroxylation is 2. The van der Waals surface area contributed by atoms with E-state index in [0.29, 0.717) is 28.8 Å². The molecule has 0 unspecified atom stereocenters. The maximum Gasteiger partial charge on any atom is 0.265 e. The van der Waals surface area contributed by atoms with Gasteiger partial charge in [0.1, 0.15) is 36.2 Å². The van der Waals surface area contributed by atoms with E-state index in [1.54, 1.807) is 68.4 Å². The van der Waals surface area contributed by atoms with Gasteiger partial charge in [0.05, 0.1) is 24.0 Å². The number of ketones is 1. The number of aldehydes is 1. The lowest BCUT2D eigenvalue weighted by Crippen LogP contribution is -2.55. The van der Waals surface area contributed by atoms with Crippen LogP contribution in [0.2, 0.25) is 0 Å². The number of amides is 4. The Kier molecular flexibility index (Phi) is 10.3. The van der Waals surface area contributed by atoms with Gasteiger partial charge in [0, 0.05) is 12.0 Å². The number of fused-ring (bicyclic) bond motifs is 1. The van der Waals surface area contributed by atoms with Crippen molar-refractivity contribution in [1.82, 2.24) is 10.6 Å². The molecule has 0 bridgehead atoms. The zero-order valence-electron chi connectivity index (χ0n) is 25.1. The molecule has 4 rings (SSSR count). The van der Waals surface area contributed by atoms with Crippen LogP contribution in [-0.4, -0.2) is 72.6 Å². The standard InChI is InChI=1S/C33H34N4O8/c1-20-13-23(14-21(2)31(20)42)32(43)35-26-16-36(30(41)19-45-25-9-5-4-6-10-25)27-11-7-8-12-28(27)37(33(26)44)17-29(40)34-24(18-38)15-22(3)39/h4-14,18,24,26,42H,15-17,19H2,1-3H3,(H,34,40)(H,35,43)/t24-,26-/m0/s1. The Morgan fingerprint density at radius 2 is 1.62 bits per heavy atom. The Morgan fingerprint density at radius 1 is 1.00 bits per heavy atom. The van der Waals surface area contributed by atoms with Crippen LogP contribution in [0.3, 0.4) is 0 Å². The highest BCUT2D eigenvalue weighted by Crippen LogP contribution is 2.33. The average Bonchev–Trinajstić information content (AvgIpc) is 3.12. The molecule has 45 heavy (non-hydrogen) atoms. The van der Waals surface area contributed by atoms with Crippen LogP contribution < -0.4 is 25.2 Å². The summed E-state index contributed by atoms with van der Waals surface area (Å²) in [7, 11) is 0. The Morgan fingerprint density at radius 3 is 2.24 bits per heavy atom. The van der Waals surface area contributed by atoms with Crippen LogP contribution in [0.25, 0.3) is 0 Å². The fraction of sp³-hybridized carbons (Fsp3) is 0.273. The first-order valence-electron chi connectivity index (χ1n) is 14.2. The van der Waals surface area contributed by atoms with Crippen molar-refractivity contribution < 1.29 is 38.6 Å². The van der Waals surface area contributed by atoms with Gasteiger partial charge in [-0.15, -0.1) is 0 Å². The highest BCUT2D eigenvalue weighted by Gasteiger charge is 2.38. The second kappa shape index (κ2) is 14.3. The third-order valence-corrected chi connectivity index (χ3v) is 7.18. The number of nitrogens with zero attached hydrogens (tertiary/aromatic N) is 2. The average molecular weight is 615 g/mol. The largest absolute Gasteiger partial charge is 0.507 e. The number of hydrogen-bond acceptors (Lipinski definition) is 8. The summed E-state index contributed by atoms with van der Waals surface area (Å²) < 4.78 is 5.68. The van der Waals surface area contributed by atoms with E-state index in [1.165, 1.54) is 24.0 Å². The van der Waals surface area contributed by atoms with Crippen molar-refractivity contribution in [2.24, 2.45) is 0 Å². The number of Topliss-reactive ketones (excluding diaryl/α,β-unsaturated/α-hetero) is 1. The fourth-order valence-corrected chi connectivity index (χ4v) is 5.00. The van der Waals surface area contributed by atoms with Gasteiger partial charge >= 0.3 is 0 Å². The molecule has 1 aliphatic rings. The molecule has 0 spiro atoms. The first-order chi connectivity index (χ1) is 21.5. The molecule has 4 amide bonds. The van der Waals surface area contributed by atoms with Crippen molar-refractivity contribution >= 4 is 47.1 Å². The van der Waals surface area contributed by atoms with Gasteiger partial charge in [0.25, 0.3) is 17.7 Å². The van der Waals surface area contributed by atoms with Gasteiger partial charge in [-0.3, -0.25) is 28.9 Å². The van der Waals surface area contributed by atoms with Gasteiger partial charge in [0.2, 0.25) is 5.91 Å². The molecule has 234 valence electrons. The predicted octanol–water partition coefficient (Wildman–Crippen LogP) is 2.23. The smallest absolute Gasteiger partial charge is 0.265 e. The highest BCUT2D eigenvalue weighted by atomic mass is 16.5. The minimum atomic E-state index is -1.31. The molecule has 2 atom stereocenters. The van der Waals surface area contributed by atoms with Crippen LogP contribution in [0.1, 0.15) is 34.8 Å². The molecule has 0 saturated heterocycles. The quantitative estimate of drug-likeness (QED) is 0.277. The van der Waals surface area contributed by atoms with E-state index in [9.17, 15) is 33.9 Å². The molecule has 3 N–H and O–H groups in total. The van der Waals surface area contributed by atoms with Gasteiger partial charge in [-0.1, -0.05) is 30.3 Å². The van der Waals surface area contributed by atoms with Crippen molar-refractivity contribution in [2.45, 2.75) is 39.3 Å². The number of aromatic hydroxyl groups is 1. The summed E-state index contributed by atoms with van der Waals surface area (Å²) in [6.07, 6.45) is 0.225. The molecule has 0 aromatic heterocycles. The maximum absolute atomic E-state index is 14.1. The molecule has 0 aliphatic carbocycles. The molecular formula is C33H34N4O8. The van der Waals surface area contributed by atoms with E-state index in [0.717, 1.165) is 4.90 Å². The summed E-state index contributed by atoms with van der Waals surface area (Å²) in [5.74, 6) is -2.36. The van der Waals surface area contributed by atoms with Gasteiger partial charge in [-0.2, -0.15) is 0 Å². The Hall–Kier alpha value is -5.52. The molecule has 1 aliphatic heterocycles. The Bertz CT molecular complexity index is 1600. The number of carbonyl (C=O) groups excluding carboxylic acids is 6. The number of rotatable bonds is 11. The van der Waals surface area contributed by atoms with E-state index in [-0.39, 0.29) is 42.4 Å².